The minimum absolute atomic E-state index is 0.0216. The molecule has 1 aromatic heterocycles. The lowest BCUT2D eigenvalue weighted by molar-refractivity contribution is -0.0660. The third-order valence-corrected chi connectivity index (χ3v) is 6.36. The summed E-state index contributed by atoms with van der Waals surface area (Å²) in [6, 6.07) is 8.24. The predicted molar refractivity (Wildman–Crippen MR) is 102 cm³/mol. The molecule has 1 N–H and O–H groups in total. The Bertz CT molecular complexity index is 984. The van der Waals surface area contributed by atoms with Crippen LogP contribution in [0.3, 0.4) is 0 Å². The SMILES string of the molecule is CCS(=O)(=O)N[C@H]1CCC(F)(F)C[C@@H]1COc1ccc(-n2cc(C#N)cn2)cc1. The average molecular weight is 424 g/mol. The molecule has 156 valence electrons. The fourth-order valence-electron chi connectivity index (χ4n) is 3.29. The van der Waals surface area contributed by atoms with Gasteiger partial charge >= 0.3 is 0 Å². The van der Waals surface area contributed by atoms with Gasteiger partial charge in [-0.2, -0.15) is 10.4 Å². The largest absolute Gasteiger partial charge is 0.493 e. The van der Waals surface area contributed by atoms with Gasteiger partial charge < -0.3 is 4.74 Å². The molecule has 0 spiro atoms. The molecule has 2 aromatic rings. The molecule has 1 aliphatic rings. The van der Waals surface area contributed by atoms with Crippen LogP contribution in [0.25, 0.3) is 5.69 Å². The Kier molecular flexibility index (Phi) is 6.19. The van der Waals surface area contributed by atoms with E-state index < -0.39 is 34.3 Å². The first-order valence-electron chi connectivity index (χ1n) is 9.27. The fourth-order valence-corrected chi connectivity index (χ4v) is 4.23. The van der Waals surface area contributed by atoms with Crippen LogP contribution in [-0.2, 0) is 10.0 Å². The lowest BCUT2D eigenvalue weighted by Gasteiger charge is -2.36. The first-order chi connectivity index (χ1) is 13.7. The van der Waals surface area contributed by atoms with E-state index in [0.29, 0.717) is 11.3 Å². The molecule has 1 aliphatic carbocycles. The number of nitriles is 1. The maximum Gasteiger partial charge on any atom is 0.248 e. The van der Waals surface area contributed by atoms with Crippen molar-refractivity contribution >= 4 is 10.0 Å². The molecule has 2 atom stereocenters. The van der Waals surface area contributed by atoms with E-state index in [0.717, 1.165) is 5.69 Å². The Labute approximate surface area is 168 Å². The number of alkyl halides is 2. The molecule has 0 radical (unpaired) electrons. The number of sulfonamides is 1. The maximum absolute atomic E-state index is 13.9. The summed E-state index contributed by atoms with van der Waals surface area (Å²) in [5.41, 5.74) is 1.15. The number of benzene rings is 1. The summed E-state index contributed by atoms with van der Waals surface area (Å²) >= 11 is 0. The van der Waals surface area contributed by atoms with Crippen LogP contribution < -0.4 is 9.46 Å². The van der Waals surface area contributed by atoms with E-state index in [9.17, 15) is 17.2 Å². The van der Waals surface area contributed by atoms with Crippen molar-refractivity contribution in [3.63, 3.8) is 0 Å². The van der Waals surface area contributed by atoms with E-state index in [-0.39, 0.29) is 25.2 Å². The smallest absolute Gasteiger partial charge is 0.248 e. The Morgan fingerprint density at radius 3 is 2.72 bits per heavy atom. The first kappa shape index (κ1) is 21.2. The molecule has 10 heteroatoms. The van der Waals surface area contributed by atoms with E-state index in [4.69, 9.17) is 10.00 Å². The molecule has 7 nitrogen and oxygen atoms in total. The van der Waals surface area contributed by atoms with Gasteiger partial charge in [0.05, 0.1) is 29.8 Å². The van der Waals surface area contributed by atoms with Crippen molar-refractivity contribution in [2.75, 3.05) is 12.4 Å². The van der Waals surface area contributed by atoms with Crippen LogP contribution in [0.15, 0.2) is 36.7 Å². The minimum atomic E-state index is -3.49. The van der Waals surface area contributed by atoms with Gasteiger partial charge in [0, 0.05) is 31.0 Å². The van der Waals surface area contributed by atoms with Crippen molar-refractivity contribution in [1.82, 2.24) is 14.5 Å². The number of hydrogen-bond acceptors (Lipinski definition) is 5. The monoisotopic (exact) mass is 424 g/mol. The second-order valence-electron chi connectivity index (χ2n) is 7.08. The molecule has 0 unspecified atom stereocenters. The van der Waals surface area contributed by atoms with Crippen LogP contribution in [0.4, 0.5) is 8.78 Å². The zero-order chi connectivity index (χ0) is 21.1. The number of aromatic nitrogens is 2. The van der Waals surface area contributed by atoms with Gasteiger partial charge in [-0.25, -0.2) is 26.6 Å². The number of nitrogens with one attached hydrogen (secondary N) is 1. The third kappa shape index (κ3) is 5.52. The van der Waals surface area contributed by atoms with Crippen molar-refractivity contribution < 1.29 is 21.9 Å². The lowest BCUT2D eigenvalue weighted by atomic mass is 9.83. The summed E-state index contributed by atoms with van der Waals surface area (Å²) < 4.78 is 61.3. The standard InChI is InChI=1S/C19H22F2N4O3S/c1-2-29(26,27)24-18-7-8-19(20,21)9-15(18)13-28-17-5-3-16(4-6-17)25-12-14(10-22)11-23-25/h3-6,11-12,15,18,24H,2,7-9,13H2,1H3/t15-,18+/m1/s1. The van der Waals surface area contributed by atoms with Crippen LogP contribution in [0.2, 0.25) is 0 Å². The van der Waals surface area contributed by atoms with Gasteiger partial charge in [0.15, 0.2) is 0 Å². The quantitative estimate of drug-likeness (QED) is 0.737. The van der Waals surface area contributed by atoms with E-state index in [1.165, 1.54) is 13.1 Å². The molecule has 1 saturated carbocycles. The Morgan fingerprint density at radius 2 is 2.10 bits per heavy atom. The van der Waals surface area contributed by atoms with E-state index in [1.54, 1.807) is 35.1 Å². The molecular weight excluding hydrogens is 402 g/mol. The van der Waals surface area contributed by atoms with Crippen LogP contribution in [0.5, 0.6) is 5.75 Å². The second kappa shape index (κ2) is 8.47. The van der Waals surface area contributed by atoms with Crippen LogP contribution >= 0.6 is 0 Å². The second-order valence-corrected chi connectivity index (χ2v) is 9.12. The van der Waals surface area contributed by atoms with E-state index >= 15 is 0 Å². The molecule has 0 aliphatic heterocycles. The van der Waals surface area contributed by atoms with E-state index in [2.05, 4.69) is 9.82 Å². The molecule has 0 amide bonds. The molecule has 1 aromatic carbocycles. The van der Waals surface area contributed by atoms with Crippen LogP contribution in [0.1, 0.15) is 31.7 Å². The zero-order valence-electron chi connectivity index (χ0n) is 15.9. The van der Waals surface area contributed by atoms with Crippen LogP contribution in [-0.4, -0.2) is 42.5 Å². The van der Waals surface area contributed by atoms with Crippen molar-refractivity contribution in [2.45, 2.75) is 38.2 Å². The molecular formula is C19H22F2N4O3S. The highest BCUT2D eigenvalue weighted by Gasteiger charge is 2.42. The number of rotatable bonds is 7. The Balaban J connectivity index is 1.66. The highest BCUT2D eigenvalue weighted by Crippen LogP contribution is 2.37. The van der Waals surface area contributed by atoms with Gasteiger partial charge in [-0.1, -0.05) is 0 Å². The third-order valence-electron chi connectivity index (χ3n) is 4.94. The number of halogens is 2. The molecule has 29 heavy (non-hydrogen) atoms. The zero-order valence-corrected chi connectivity index (χ0v) is 16.7. The normalized spacial score (nSPS) is 21.4. The highest BCUT2D eigenvalue weighted by molar-refractivity contribution is 7.89. The maximum atomic E-state index is 13.9. The number of ether oxygens (including phenoxy) is 1. The molecule has 0 bridgehead atoms. The minimum Gasteiger partial charge on any atom is -0.493 e. The lowest BCUT2D eigenvalue weighted by Crippen LogP contribution is -2.48. The molecule has 1 fully saturated rings. The topological polar surface area (TPSA) is 97.0 Å². The number of hydrogen-bond donors (Lipinski definition) is 1. The van der Waals surface area contributed by atoms with Gasteiger partial charge in [0.25, 0.3) is 0 Å². The van der Waals surface area contributed by atoms with Gasteiger partial charge in [-0.3, -0.25) is 0 Å². The predicted octanol–water partition coefficient (Wildman–Crippen LogP) is 2.87. The van der Waals surface area contributed by atoms with Crippen molar-refractivity contribution in [2.24, 2.45) is 5.92 Å². The molecule has 1 heterocycles. The summed E-state index contributed by atoms with van der Waals surface area (Å²) in [5.74, 6) is -3.09. The summed E-state index contributed by atoms with van der Waals surface area (Å²) in [6.07, 6.45) is 2.34. The first-order valence-corrected chi connectivity index (χ1v) is 10.9. The summed E-state index contributed by atoms with van der Waals surface area (Å²) in [6.45, 7) is 1.48. The average Bonchev–Trinajstić information content (AvgIpc) is 3.17. The van der Waals surface area contributed by atoms with Crippen LogP contribution in [0, 0.1) is 17.2 Å². The Hall–Kier alpha value is -2.51. The summed E-state index contributed by atoms with van der Waals surface area (Å²) in [5, 5.41) is 12.9. The van der Waals surface area contributed by atoms with Gasteiger partial charge in [0.2, 0.25) is 15.9 Å². The Morgan fingerprint density at radius 1 is 1.38 bits per heavy atom. The van der Waals surface area contributed by atoms with Crippen molar-refractivity contribution in [3.8, 4) is 17.5 Å². The summed E-state index contributed by atoms with van der Waals surface area (Å²) in [7, 11) is -3.49. The fraction of sp³-hybridized carbons (Fsp3) is 0.474. The van der Waals surface area contributed by atoms with Gasteiger partial charge in [0.1, 0.15) is 11.8 Å². The van der Waals surface area contributed by atoms with E-state index in [1.807, 2.05) is 6.07 Å². The van der Waals surface area contributed by atoms with Gasteiger partial charge in [-0.05, 0) is 37.6 Å². The number of nitrogens with zero attached hydrogens (tertiary/aromatic N) is 3. The summed E-state index contributed by atoms with van der Waals surface area (Å²) in [4.78, 5) is 0. The highest BCUT2D eigenvalue weighted by atomic mass is 32.2. The van der Waals surface area contributed by atoms with Gasteiger partial charge in [-0.15, -0.1) is 0 Å². The molecule has 0 saturated heterocycles. The van der Waals surface area contributed by atoms with Crippen molar-refractivity contribution in [1.29, 1.82) is 5.26 Å². The molecule has 3 rings (SSSR count). The van der Waals surface area contributed by atoms with Crippen molar-refractivity contribution in [3.05, 3.63) is 42.2 Å².